The second kappa shape index (κ2) is 4.14. The van der Waals surface area contributed by atoms with Gasteiger partial charge in [-0.15, -0.1) is 5.10 Å². The van der Waals surface area contributed by atoms with Gasteiger partial charge in [0.25, 0.3) is 0 Å². The molecule has 0 saturated carbocycles. The fourth-order valence-corrected chi connectivity index (χ4v) is 2.50. The number of nitrogens with zero attached hydrogens (tertiary/aromatic N) is 3. The van der Waals surface area contributed by atoms with Crippen molar-refractivity contribution in [3.63, 3.8) is 0 Å². The SMILES string of the molecule is Brc1nc2ccc(C3CCOCC3)cn2n1. The molecule has 0 spiro atoms. The molecule has 2 aromatic rings. The third kappa shape index (κ3) is 1.85. The Bertz CT molecular complexity index is 505. The Morgan fingerprint density at radius 1 is 1.31 bits per heavy atom. The van der Waals surface area contributed by atoms with E-state index < -0.39 is 0 Å². The summed E-state index contributed by atoms with van der Waals surface area (Å²) in [6.45, 7) is 1.73. The molecular weight excluding hydrogens is 270 g/mol. The summed E-state index contributed by atoms with van der Waals surface area (Å²) in [4.78, 5) is 4.24. The van der Waals surface area contributed by atoms with Gasteiger partial charge >= 0.3 is 0 Å². The molecule has 5 heteroatoms. The molecule has 0 unspecified atom stereocenters. The second-order valence-electron chi connectivity index (χ2n) is 4.03. The molecule has 0 N–H and O–H groups in total. The highest BCUT2D eigenvalue weighted by molar-refractivity contribution is 9.10. The number of ether oxygens (including phenoxy) is 1. The Kier molecular flexibility index (Phi) is 2.65. The predicted octanol–water partition coefficient (Wildman–Crippen LogP) is 2.39. The van der Waals surface area contributed by atoms with E-state index >= 15 is 0 Å². The number of hydrogen-bond donors (Lipinski definition) is 0. The van der Waals surface area contributed by atoms with Crippen molar-refractivity contribution in [3.05, 3.63) is 28.6 Å². The van der Waals surface area contributed by atoms with Crippen LogP contribution in [0.25, 0.3) is 5.65 Å². The van der Waals surface area contributed by atoms with Crippen LogP contribution in [0, 0.1) is 0 Å². The van der Waals surface area contributed by atoms with Crippen molar-refractivity contribution < 1.29 is 4.74 Å². The molecule has 0 atom stereocenters. The minimum Gasteiger partial charge on any atom is -0.381 e. The topological polar surface area (TPSA) is 39.4 Å². The van der Waals surface area contributed by atoms with Crippen LogP contribution in [-0.4, -0.2) is 27.8 Å². The van der Waals surface area contributed by atoms with E-state index in [-0.39, 0.29) is 0 Å². The third-order valence-electron chi connectivity index (χ3n) is 3.02. The summed E-state index contributed by atoms with van der Waals surface area (Å²) in [6, 6.07) is 4.16. The number of pyridine rings is 1. The zero-order chi connectivity index (χ0) is 11.0. The number of rotatable bonds is 1. The highest BCUT2D eigenvalue weighted by Gasteiger charge is 2.16. The van der Waals surface area contributed by atoms with Crippen molar-refractivity contribution in [1.29, 1.82) is 0 Å². The van der Waals surface area contributed by atoms with Gasteiger partial charge in [-0.2, -0.15) is 0 Å². The van der Waals surface area contributed by atoms with Crippen LogP contribution in [0.4, 0.5) is 0 Å². The van der Waals surface area contributed by atoms with E-state index in [1.54, 1.807) is 0 Å². The smallest absolute Gasteiger partial charge is 0.218 e. The van der Waals surface area contributed by atoms with Gasteiger partial charge in [0.15, 0.2) is 5.65 Å². The molecule has 1 aliphatic rings. The monoisotopic (exact) mass is 281 g/mol. The van der Waals surface area contributed by atoms with Crippen molar-refractivity contribution >= 4 is 21.6 Å². The molecule has 2 aromatic heterocycles. The normalized spacial score (nSPS) is 18.1. The van der Waals surface area contributed by atoms with Crippen LogP contribution >= 0.6 is 15.9 Å². The lowest BCUT2D eigenvalue weighted by atomic mass is 9.93. The maximum Gasteiger partial charge on any atom is 0.218 e. The summed E-state index contributed by atoms with van der Waals surface area (Å²) in [5, 5.41) is 4.26. The van der Waals surface area contributed by atoms with Gasteiger partial charge in [-0.3, -0.25) is 0 Å². The van der Waals surface area contributed by atoms with E-state index in [1.807, 2.05) is 10.6 Å². The number of aromatic nitrogens is 3. The highest BCUT2D eigenvalue weighted by Crippen LogP contribution is 2.26. The van der Waals surface area contributed by atoms with Crippen LogP contribution in [0.2, 0.25) is 0 Å². The second-order valence-corrected chi connectivity index (χ2v) is 4.74. The van der Waals surface area contributed by atoms with Gasteiger partial charge in [-0.1, -0.05) is 6.07 Å². The van der Waals surface area contributed by atoms with Crippen molar-refractivity contribution in [2.24, 2.45) is 0 Å². The largest absolute Gasteiger partial charge is 0.381 e. The number of hydrogen-bond acceptors (Lipinski definition) is 3. The highest BCUT2D eigenvalue weighted by atomic mass is 79.9. The Morgan fingerprint density at radius 2 is 2.12 bits per heavy atom. The zero-order valence-electron chi connectivity index (χ0n) is 8.77. The lowest BCUT2D eigenvalue weighted by Gasteiger charge is -2.22. The molecule has 0 amide bonds. The van der Waals surface area contributed by atoms with E-state index in [0.29, 0.717) is 10.7 Å². The van der Waals surface area contributed by atoms with E-state index in [2.05, 4.69) is 38.3 Å². The first kappa shape index (κ1) is 10.2. The summed E-state index contributed by atoms with van der Waals surface area (Å²) in [5.41, 5.74) is 2.20. The molecule has 1 aliphatic heterocycles. The molecule has 0 aliphatic carbocycles. The van der Waals surface area contributed by atoms with Crippen LogP contribution in [0.3, 0.4) is 0 Å². The molecular formula is C11H12BrN3O. The van der Waals surface area contributed by atoms with E-state index in [1.165, 1.54) is 5.56 Å². The summed E-state index contributed by atoms with van der Waals surface area (Å²) in [7, 11) is 0. The fraction of sp³-hybridized carbons (Fsp3) is 0.455. The molecule has 84 valence electrons. The minimum atomic E-state index is 0.598. The van der Waals surface area contributed by atoms with Gasteiger partial charge in [0, 0.05) is 19.4 Å². The van der Waals surface area contributed by atoms with Crippen LogP contribution in [-0.2, 0) is 4.74 Å². The summed E-state index contributed by atoms with van der Waals surface area (Å²) in [6.07, 6.45) is 4.27. The van der Waals surface area contributed by atoms with Crippen LogP contribution in [0.5, 0.6) is 0 Å². The van der Waals surface area contributed by atoms with Gasteiger partial charge < -0.3 is 4.74 Å². The fourth-order valence-electron chi connectivity index (χ4n) is 2.14. The molecule has 0 aromatic carbocycles. The first-order valence-corrected chi connectivity index (χ1v) is 6.22. The summed E-state index contributed by atoms with van der Waals surface area (Å²) < 4.78 is 7.83. The molecule has 3 rings (SSSR count). The van der Waals surface area contributed by atoms with Crippen LogP contribution < -0.4 is 0 Å². The lowest BCUT2D eigenvalue weighted by Crippen LogP contribution is -2.14. The number of fused-ring (bicyclic) bond motifs is 1. The molecule has 4 nitrogen and oxygen atoms in total. The molecule has 3 heterocycles. The molecule has 1 fully saturated rings. The lowest BCUT2D eigenvalue weighted by molar-refractivity contribution is 0.0852. The van der Waals surface area contributed by atoms with Gasteiger partial charge in [-0.05, 0) is 46.3 Å². The van der Waals surface area contributed by atoms with Crippen LogP contribution in [0.1, 0.15) is 24.3 Å². The first-order chi connectivity index (χ1) is 7.83. The van der Waals surface area contributed by atoms with Crippen LogP contribution in [0.15, 0.2) is 23.1 Å². The maximum atomic E-state index is 5.37. The first-order valence-electron chi connectivity index (χ1n) is 5.42. The Morgan fingerprint density at radius 3 is 2.94 bits per heavy atom. The number of halogens is 1. The Labute approximate surface area is 102 Å². The average Bonchev–Trinajstić information content (AvgIpc) is 2.69. The standard InChI is InChI=1S/C11H12BrN3O/c12-11-13-10-2-1-9(7-15(10)14-11)8-3-5-16-6-4-8/h1-2,7-8H,3-6H2. The zero-order valence-corrected chi connectivity index (χ0v) is 10.4. The van der Waals surface area contributed by atoms with Crippen molar-refractivity contribution in [3.8, 4) is 0 Å². The van der Waals surface area contributed by atoms with Gasteiger partial charge in [0.2, 0.25) is 4.73 Å². The Balaban J connectivity index is 1.97. The summed E-state index contributed by atoms with van der Waals surface area (Å²) in [5.74, 6) is 0.598. The molecule has 0 bridgehead atoms. The quantitative estimate of drug-likeness (QED) is 0.806. The molecule has 1 saturated heterocycles. The average molecular weight is 282 g/mol. The van der Waals surface area contributed by atoms with Crippen molar-refractivity contribution in [1.82, 2.24) is 14.6 Å². The minimum absolute atomic E-state index is 0.598. The van der Waals surface area contributed by atoms with Gasteiger partial charge in [0.1, 0.15) is 0 Å². The van der Waals surface area contributed by atoms with Gasteiger partial charge in [-0.25, -0.2) is 9.50 Å². The van der Waals surface area contributed by atoms with Gasteiger partial charge in [0.05, 0.1) is 0 Å². The van der Waals surface area contributed by atoms with E-state index in [9.17, 15) is 0 Å². The molecule has 16 heavy (non-hydrogen) atoms. The maximum absolute atomic E-state index is 5.37. The van der Waals surface area contributed by atoms with Crippen molar-refractivity contribution in [2.75, 3.05) is 13.2 Å². The third-order valence-corrected chi connectivity index (χ3v) is 3.36. The predicted molar refractivity (Wildman–Crippen MR) is 63.5 cm³/mol. The molecule has 0 radical (unpaired) electrons. The summed E-state index contributed by atoms with van der Waals surface area (Å²) >= 11 is 3.28. The Hall–Kier alpha value is -0.940. The van der Waals surface area contributed by atoms with E-state index in [0.717, 1.165) is 31.7 Å². The van der Waals surface area contributed by atoms with E-state index in [4.69, 9.17) is 4.74 Å². The van der Waals surface area contributed by atoms with Crippen molar-refractivity contribution in [2.45, 2.75) is 18.8 Å².